The molecule has 2 rings (SSSR count). The molecule has 0 spiro atoms. The van der Waals surface area contributed by atoms with Gasteiger partial charge in [0.15, 0.2) is 0 Å². The van der Waals surface area contributed by atoms with Crippen LogP contribution in [0.1, 0.15) is 24.2 Å². The summed E-state index contributed by atoms with van der Waals surface area (Å²) in [5.41, 5.74) is 1.15. The molecule has 1 unspecified atom stereocenters. The molecule has 0 amide bonds. The zero-order valence-electron chi connectivity index (χ0n) is 9.55. The Balaban J connectivity index is 2.11. The van der Waals surface area contributed by atoms with Crippen LogP contribution >= 0.6 is 0 Å². The number of halogens is 1. The van der Waals surface area contributed by atoms with Crippen LogP contribution in [0.4, 0.5) is 4.39 Å². The molecule has 2 heterocycles. The molecule has 1 atom stereocenters. The highest BCUT2D eigenvalue weighted by molar-refractivity contribution is 5.18. The Bertz CT molecular complexity index is 498. The van der Waals surface area contributed by atoms with Crippen molar-refractivity contribution in [2.24, 2.45) is 0 Å². The Morgan fingerprint density at radius 1 is 1.47 bits per heavy atom. The zero-order valence-corrected chi connectivity index (χ0v) is 9.55. The third-order valence-electron chi connectivity index (χ3n) is 2.60. The van der Waals surface area contributed by atoms with E-state index in [4.69, 9.17) is 0 Å². The zero-order chi connectivity index (χ0) is 12.3. The fraction of sp³-hybridized carbons (Fsp3) is 0.333. The second-order valence-corrected chi connectivity index (χ2v) is 3.82. The summed E-state index contributed by atoms with van der Waals surface area (Å²) >= 11 is 0. The van der Waals surface area contributed by atoms with Gasteiger partial charge in [0.1, 0.15) is 5.82 Å². The van der Waals surface area contributed by atoms with Gasteiger partial charge in [-0.05, 0) is 18.6 Å². The molecule has 0 fully saturated rings. The monoisotopic (exact) mass is 235 g/mol. The molecular formula is C12H14FN3O. The highest BCUT2D eigenvalue weighted by Crippen LogP contribution is 2.19. The van der Waals surface area contributed by atoms with E-state index in [1.807, 2.05) is 13.1 Å². The van der Waals surface area contributed by atoms with E-state index in [-0.39, 0.29) is 5.56 Å². The first-order valence-corrected chi connectivity index (χ1v) is 5.49. The van der Waals surface area contributed by atoms with Gasteiger partial charge in [-0.2, -0.15) is 5.10 Å². The second-order valence-electron chi connectivity index (χ2n) is 3.82. The Kier molecular flexibility index (Phi) is 3.49. The molecule has 0 saturated heterocycles. The number of rotatable bonds is 4. The summed E-state index contributed by atoms with van der Waals surface area (Å²) in [6, 6.07) is 1.49. The Hall–Kier alpha value is -1.75. The van der Waals surface area contributed by atoms with Gasteiger partial charge in [0.2, 0.25) is 0 Å². The lowest BCUT2D eigenvalue weighted by atomic mass is 10.0. The van der Waals surface area contributed by atoms with Crippen molar-refractivity contribution in [1.82, 2.24) is 14.8 Å². The van der Waals surface area contributed by atoms with Crippen molar-refractivity contribution in [2.45, 2.75) is 26.0 Å². The van der Waals surface area contributed by atoms with E-state index in [2.05, 4.69) is 10.1 Å². The number of pyridine rings is 1. The molecule has 0 radical (unpaired) electrons. The van der Waals surface area contributed by atoms with Gasteiger partial charge >= 0.3 is 0 Å². The largest absolute Gasteiger partial charge is 0.388 e. The van der Waals surface area contributed by atoms with Gasteiger partial charge in [0.05, 0.1) is 18.5 Å². The topological polar surface area (TPSA) is 50.9 Å². The first kappa shape index (κ1) is 11.7. The van der Waals surface area contributed by atoms with Gasteiger partial charge in [-0.25, -0.2) is 4.39 Å². The predicted octanol–water partition coefficient (Wildman–Crippen LogP) is 1.71. The normalized spacial score (nSPS) is 12.6. The maximum absolute atomic E-state index is 13.4. The highest BCUT2D eigenvalue weighted by atomic mass is 19.1. The van der Waals surface area contributed by atoms with Crippen LogP contribution in [0.15, 0.2) is 30.9 Å². The van der Waals surface area contributed by atoms with E-state index >= 15 is 0 Å². The van der Waals surface area contributed by atoms with Crippen LogP contribution in [-0.2, 0) is 13.0 Å². The average molecular weight is 235 g/mol. The minimum atomic E-state index is -0.868. The van der Waals surface area contributed by atoms with Crippen LogP contribution in [-0.4, -0.2) is 19.9 Å². The van der Waals surface area contributed by atoms with Gasteiger partial charge in [-0.1, -0.05) is 0 Å². The molecule has 0 aliphatic carbocycles. The quantitative estimate of drug-likeness (QED) is 0.877. The van der Waals surface area contributed by atoms with E-state index in [9.17, 15) is 9.50 Å². The summed E-state index contributed by atoms with van der Waals surface area (Å²) in [5, 5.41) is 14.0. The SMILES string of the molecule is CCn1cc(CC(O)c2ccncc2F)cn1. The Labute approximate surface area is 98.7 Å². The van der Waals surface area contributed by atoms with E-state index in [0.717, 1.165) is 18.3 Å². The molecule has 2 aromatic heterocycles. The third kappa shape index (κ3) is 2.68. The number of aryl methyl sites for hydroxylation is 1. The van der Waals surface area contributed by atoms with Crippen LogP contribution in [0.5, 0.6) is 0 Å². The lowest BCUT2D eigenvalue weighted by molar-refractivity contribution is 0.173. The van der Waals surface area contributed by atoms with Crippen LogP contribution in [0.25, 0.3) is 0 Å². The van der Waals surface area contributed by atoms with Gasteiger partial charge < -0.3 is 5.11 Å². The molecule has 0 aliphatic rings. The molecule has 2 aromatic rings. The maximum atomic E-state index is 13.4. The summed E-state index contributed by atoms with van der Waals surface area (Å²) in [6.45, 7) is 2.76. The fourth-order valence-corrected chi connectivity index (χ4v) is 1.67. The number of aliphatic hydroxyl groups is 1. The molecule has 0 aromatic carbocycles. The molecule has 1 N–H and O–H groups in total. The smallest absolute Gasteiger partial charge is 0.147 e. The molecule has 90 valence electrons. The van der Waals surface area contributed by atoms with Gasteiger partial charge in [-0.3, -0.25) is 9.67 Å². The van der Waals surface area contributed by atoms with Crippen molar-refractivity contribution in [3.8, 4) is 0 Å². The summed E-state index contributed by atoms with van der Waals surface area (Å²) in [5.74, 6) is -0.483. The number of aromatic nitrogens is 3. The molecule has 0 bridgehead atoms. The van der Waals surface area contributed by atoms with Crippen molar-refractivity contribution in [2.75, 3.05) is 0 Å². The highest BCUT2D eigenvalue weighted by Gasteiger charge is 2.14. The minimum Gasteiger partial charge on any atom is -0.388 e. The molecular weight excluding hydrogens is 221 g/mol. The van der Waals surface area contributed by atoms with Crippen molar-refractivity contribution in [3.05, 3.63) is 47.8 Å². The van der Waals surface area contributed by atoms with E-state index in [1.165, 1.54) is 12.3 Å². The summed E-state index contributed by atoms with van der Waals surface area (Å²) < 4.78 is 15.1. The average Bonchev–Trinajstić information content (AvgIpc) is 2.77. The van der Waals surface area contributed by atoms with Crippen LogP contribution in [0, 0.1) is 5.82 Å². The van der Waals surface area contributed by atoms with Crippen molar-refractivity contribution >= 4 is 0 Å². The predicted molar refractivity (Wildman–Crippen MR) is 60.8 cm³/mol. The van der Waals surface area contributed by atoms with Crippen molar-refractivity contribution in [3.63, 3.8) is 0 Å². The van der Waals surface area contributed by atoms with Gasteiger partial charge in [-0.15, -0.1) is 0 Å². The first-order valence-electron chi connectivity index (χ1n) is 5.49. The summed E-state index contributed by atoms with van der Waals surface area (Å²) in [6.07, 6.45) is 5.59. The van der Waals surface area contributed by atoms with E-state index in [0.29, 0.717) is 6.42 Å². The number of hydrogen-bond acceptors (Lipinski definition) is 3. The molecule has 17 heavy (non-hydrogen) atoms. The molecule has 0 aliphatic heterocycles. The molecule has 4 nitrogen and oxygen atoms in total. The lowest BCUT2D eigenvalue weighted by Crippen LogP contribution is -2.04. The minimum absolute atomic E-state index is 0.268. The van der Waals surface area contributed by atoms with Crippen LogP contribution in [0.3, 0.4) is 0 Å². The maximum Gasteiger partial charge on any atom is 0.147 e. The lowest BCUT2D eigenvalue weighted by Gasteiger charge is -2.09. The van der Waals surface area contributed by atoms with Crippen LogP contribution < -0.4 is 0 Å². The fourth-order valence-electron chi connectivity index (χ4n) is 1.67. The van der Waals surface area contributed by atoms with Crippen LogP contribution in [0.2, 0.25) is 0 Å². The number of hydrogen-bond donors (Lipinski definition) is 1. The van der Waals surface area contributed by atoms with E-state index in [1.54, 1.807) is 10.9 Å². The summed E-state index contributed by atoms with van der Waals surface area (Å²) in [4.78, 5) is 3.65. The Morgan fingerprint density at radius 2 is 2.29 bits per heavy atom. The molecule has 0 saturated carbocycles. The van der Waals surface area contributed by atoms with Gasteiger partial charge in [0, 0.05) is 30.9 Å². The van der Waals surface area contributed by atoms with Crippen molar-refractivity contribution < 1.29 is 9.50 Å². The Morgan fingerprint density at radius 3 is 2.94 bits per heavy atom. The third-order valence-corrected chi connectivity index (χ3v) is 2.60. The van der Waals surface area contributed by atoms with Gasteiger partial charge in [0.25, 0.3) is 0 Å². The van der Waals surface area contributed by atoms with Crippen molar-refractivity contribution in [1.29, 1.82) is 0 Å². The summed E-state index contributed by atoms with van der Waals surface area (Å²) in [7, 11) is 0. The van der Waals surface area contributed by atoms with E-state index < -0.39 is 11.9 Å². The number of nitrogens with zero attached hydrogens (tertiary/aromatic N) is 3. The number of aliphatic hydroxyl groups excluding tert-OH is 1. The first-order chi connectivity index (χ1) is 8.20. The second kappa shape index (κ2) is 5.05. The molecule has 5 heteroatoms. The standard InChI is InChI=1S/C12H14FN3O/c1-2-16-8-9(6-15-16)5-12(17)10-3-4-14-7-11(10)13/h3-4,6-8,12,17H,2,5H2,1H3.